The molecule has 0 spiro atoms. The fourth-order valence-corrected chi connectivity index (χ4v) is 6.19. The summed E-state index contributed by atoms with van der Waals surface area (Å²) in [5.41, 5.74) is 11.7. The molecular formula is C40H35N3O7. The van der Waals surface area contributed by atoms with Crippen LogP contribution < -0.4 is 0 Å². The molecule has 1 saturated heterocycles. The van der Waals surface area contributed by atoms with Crippen LogP contribution in [0, 0.1) is 0 Å². The number of esters is 2. The second kappa shape index (κ2) is 16.1. The molecule has 5 atom stereocenters. The maximum atomic E-state index is 13.6. The first-order valence-electron chi connectivity index (χ1n) is 16.1. The van der Waals surface area contributed by atoms with Gasteiger partial charge in [0.1, 0.15) is 23.9 Å². The molecule has 0 saturated carbocycles. The van der Waals surface area contributed by atoms with Gasteiger partial charge in [0.25, 0.3) is 0 Å². The minimum atomic E-state index is -1.28. The molecule has 0 aromatic heterocycles. The number of hydrogen-bond donors (Lipinski definition) is 0. The van der Waals surface area contributed by atoms with Crippen LogP contribution in [-0.2, 0) is 29.3 Å². The lowest BCUT2D eigenvalue weighted by atomic mass is 9.80. The third kappa shape index (κ3) is 7.29. The Balaban J connectivity index is 1.42. The number of nitrogens with zero attached hydrogens (tertiary/aromatic N) is 3. The Bertz CT molecular complexity index is 1790. The van der Waals surface area contributed by atoms with Crippen molar-refractivity contribution in [3.05, 3.63) is 190 Å². The monoisotopic (exact) mass is 669 g/mol. The summed E-state index contributed by atoms with van der Waals surface area (Å²) >= 11 is 0. The van der Waals surface area contributed by atoms with Crippen LogP contribution in [0.2, 0.25) is 0 Å². The maximum absolute atomic E-state index is 13.6. The van der Waals surface area contributed by atoms with Gasteiger partial charge in [0.2, 0.25) is 0 Å². The van der Waals surface area contributed by atoms with Crippen molar-refractivity contribution in [3.8, 4) is 0 Å². The largest absolute Gasteiger partial charge is 0.455 e. The molecule has 1 aliphatic rings. The Morgan fingerprint density at radius 2 is 1.06 bits per heavy atom. The molecule has 10 heteroatoms. The molecule has 0 radical (unpaired) electrons. The number of ether oxygens (including phenoxy) is 5. The number of methoxy groups -OCH3 is 1. The van der Waals surface area contributed by atoms with Crippen molar-refractivity contribution in [1.82, 2.24) is 0 Å². The summed E-state index contributed by atoms with van der Waals surface area (Å²) in [6, 6.07) is 44.8. The van der Waals surface area contributed by atoms with E-state index in [1.165, 1.54) is 7.11 Å². The molecule has 0 bridgehead atoms. The fourth-order valence-electron chi connectivity index (χ4n) is 6.19. The van der Waals surface area contributed by atoms with Crippen molar-refractivity contribution in [3.63, 3.8) is 0 Å². The Kier molecular flexibility index (Phi) is 11.0. The first-order chi connectivity index (χ1) is 24.5. The first kappa shape index (κ1) is 34.1. The average molecular weight is 670 g/mol. The van der Waals surface area contributed by atoms with Crippen LogP contribution in [0.3, 0.4) is 0 Å². The standard InChI is InChI=1S/C40H35N3O7/c1-46-39-36(50-38(45)29-19-9-3-10-20-29)34(42-43-41)35(49-37(44)28-17-7-2-8-18-28)33(48-39)27-47-40(30-21-11-4-12-22-30,31-23-13-5-14-24-31)32-25-15-6-16-26-32/h2-26,33-36,39H,27H2,1H3/t33-,34+,35-,36-,39-/m1/s1. The third-order valence-corrected chi connectivity index (χ3v) is 8.54. The quantitative estimate of drug-likeness (QED) is 0.0442. The van der Waals surface area contributed by atoms with Gasteiger partial charge in [-0.3, -0.25) is 0 Å². The molecule has 5 aromatic rings. The van der Waals surface area contributed by atoms with Gasteiger partial charge < -0.3 is 23.7 Å². The van der Waals surface area contributed by atoms with E-state index in [-0.39, 0.29) is 17.7 Å². The zero-order valence-corrected chi connectivity index (χ0v) is 27.2. The Morgan fingerprint density at radius 1 is 0.660 bits per heavy atom. The molecule has 0 unspecified atom stereocenters. The van der Waals surface area contributed by atoms with Gasteiger partial charge >= 0.3 is 11.9 Å². The number of hydrogen-bond acceptors (Lipinski definition) is 8. The highest BCUT2D eigenvalue weighted by Gasteiger charge is 2.51. The third-order valence-electron chi connectivity index (χ3n) is 8.54. The van der Waals surface area contributed by atoms with E-state index in [1.807, 2.05) is 91.0 Å². The minimum Gasteiger partial charge on any atom is -0.455 e. The lowest BCUT2D eigenvalue weighted by Gasteiger charge is -2.44. The molecule has 1 aliphatic heterocycles. The predicted octanol–water partition coefficient (Wildman–Crippen LogP) is 7.50. The second-order valence-electron chi connectivity index (χ2n) is 11.5. The van der Waals surface area contributed by atoms with Crippen LogP contribution in [-0.4, -0.2) is 56.3 Å². The first-order valence-corrected chi connectivity index (χ1v) is 16.1. The van der Waals surface area contributed by atoms with Crippen LogP contribution >= 0.6 is 0 Å². The molecule has 10 nitrogen and oxygen atoms in total. The normalized spacial score (nSPS) is 20.2. The minimum absolute atomic E-state index is 0.165. The lowest BCUT2D eigenvalue weighted by molar-refractivity contribution is -0.272. The van der Waals surface area contributed by atoms with Gasteiger partial charge in [-0.2, -0.15) is 0 Å². The van der Waals surface area contributed by atoms with Crippen LogP contribution in [0.4, 0.5) is 0 Å². The van der Waals surface area contributed by atoms with Crippen molar-refractivity contribution >= 4 is 11.9 Å². The van der Waals surface area contributed by atoms with Crippen molar-refractivity contribution in [2.45, 2.75) is 36.2 Å². The molecule has 6 rings (SSSR count). The summed E-state index contributed by atoms with van der Waals surface area (Å²) in [4.78, 5) is 29.9. The number of carbonyl (C=O) groups excluding carboxylic acids is 2. The Labute approximate surface area is 289 Å². The maximum Gasteiger partial charge on any atom is 0.338 e. The molecule has 1 fully saturated rings. The smallest absolute Gasteiger partial charge is 0.338 e. The van der Waals surface area contributed by atoms with Gasteiger partial charge in [-0.25, -0.2) is 9.59 Å². The number of carbonyl (C=O) groups is 2. The molecule has 0 aliphatic carbocycles. The van der Waals surface area contributed by atoms with E-state index in [0.29, 0.717) is 0 Å². The fraction of sp³-hybridized carbons (Fsp3) is 0.200. The second-order valence-corrected chi connectivity index (χ2v) is 11.5. The van der Waals surface area contributed by atoms with Gasteiger partial charge in [-0.15, -0.1) is 0 Å². The summed E-state index contributed by atoms with van der Waals surface area (Å²) in [5.74, 6) is -1.38. The van der Waals surface area contributed by atoms with E-state index in [0.717, 1.165) is 16.7 Å². The highest BCUT2D eigenvalue weighted by atomic mass is 16.7. The topological polar surface area (TPSA) is 129 Å². The van der Waals surface area contributed by atoms with Crippen molar-refractivity contribution in [2.24, 2.45) is 5.11 Å². The van der Waals surface area contributed by atoms with Gasteiger partial charge in [0.15, 0.2) is 12.4 Å². The molecule has 5 aromatic carbocycles. The molecule has 0 N–H and O–H groups in total. The van der Waals surface area contributed by atoms with Gasteiger partial charge in [-0.1, -0.05) is 133 Å². The molecule has 1 heterocycles. The zero-order valence-electron chi connectivity index (χ0n) is 27.2. The summed E-state index contributed by atoms with van der Waals surface area (Å²) in [6.45, 7) is -0.165. The SMILES string of the molecule is CO[C@@H]1O[C@H](COC(c2ccccc2)(c2ccccc2)c2ccccc2)[C@@H](OC(=O)c2ccccc2)[C@H](N=[N+]=[N-])[C@H]1OC(=O)c1ccccc1. The van der Waals surface area contributed by atoms with Crippen molar-refractivity contribution in [1.29, 1.82) is 0 Å². The van der Waals surface area contributed by atoms with Gasteiger partial charge in [0.05, 0.1) is 17.7 Å². The molecule has 0 amide bonds. The predicted molar refractivity (Wildman–Crippen MR) is 185 cm³/mol. The van der Waals surface area contributed by atoms with E-state index in [4.69, 9.17) is 23.7 Å². The lowest BCUT2D eigenvalue weighted by Crippen LogP contribution is -2.61. The van der Waals surface area contributed by atoms with Gasteiger partial charge in [0, 0.05) is 12.0 Å². The number of azide groups is 1. The highest BCUT2D eigenvalue weighted by Crippen LogP contribution is 2.41. The van der Waals surface area contributed by atoms with E-state index in [1.54, 1.807) is 60.7 Å². The zero-order chi connectivity index (χ0) is 34.8. The molecule has 252 valence electrons. The highest BCUT2D eigenvalue weighted by molar-refractivity contribution is 5.90. The van der Waals surface area contributed by atoms with E-state index in [2.05, 4.69) is 10.0 Å². The van der Waals surface area contributed by atoms with Crippen LogP contribution in [0.25, 0.3) is 10.4 Å². The van der Waals surface area contributed by atoms with Gasteiger partial charge in [-0.05, 0) is 46.5 Å². The Hall–Kier alpha value is -5.77. The van der Waals surface area contributed by atoms with Crippen molar-refractivity contribution in [2.75, 3.05) is 13.7 Å². The summed E-state index contributed by atoms with van der Waals surface area (Å²) in [5, 5.41) is 4.02. The van der Waals surface area contributed by atoms with E-state index < -0.39 is 48.2 Å². The Morgan fingerprint density at radius 3 is 1.46 bits per heavy atom. The van der Waals surface area contributed by atoms with E-state index >= 15 is 0 Å². The molecular weight excluding hydrogens is 634 g/mol. The number of rotatable bonds is 12. The summed E-state index contributed by atoms with van der Waals surface area (Å²) in [6.07, 6.45) is -4.81. The van der Waals surface area contributed by atoms with E-state index in [9.17, 15) is 15.1 Å². The average Bonchev–Trinajstić information content (AvgIpc) is 3.18. The van der Waals surface area contributed by atoms with Crippen LogP contribution in [0.15, 0.2) is 157 Å². The number of benzene rings is 5. The van der Waals surface area contributed by atoms with Crippen molar-refractivity contribution < 1.29 is 33.3 Å². The summed E-state index contributed by atoms with van der Waals surface area (Å²) < 4.78 is 31.1. The van der Waals surface area contributed by atoms with Crippen LogP contribution in [0.5, 0.6) is 0 Å². The van der Waals surface area contributed by atoms with Crippen LogP contribution in [0.1, 0.15) is 37.4 Å². The summed E-state index contributed by atoms with van der Waals surface area (Å²) in [7, 11) is 1.39. The molecule has 50 heavy (non-hydrogen) atoms.